The van der Waals surface area contributed by atoms with Gasteiger partial charge in [0.05, 0.1) is 11.3 Å². The fourth-order valence-electron chi connectivity index (χ4n) is 1.23. The molecule has 0 aromatic carbocycles. The zero-order valence-electron chi connectivity index (χ0n) is 8.70. The van der Waals surface area contributed by atoms with Crippen molar-refractivity contribution in [2.75, 3.05) is 5.73 Å². The summed E-state index contributed by atoms with van der Waals surface area (Å²) in [5.41, 5.74) is 5.96. The van der Waals surface area contributed by atoms with Gasteiger partial charge in [-0.05, 0) is 30.0 Å². The van der Waals surface area contributed by atoms with Crippen molar-refractivity contribution in [3.8, 4) is 0 Å². The zero-order valence-corrected chi connectivity index (χ0v) is 9.52. The molecule has 2 heterocycles. The third kappa shape index (κ3) is 2.54. The lowest BCUT2D eigenvalue weighted by Crippen LogP contribution is -2.04. The first-order valence-corrected chi connectivity index (χ1v) is 5.57. The number of rotatable bonds is 3. The van der Waals surface area contributed by atoms with Gasteiger partial charge in [0.2, 0.25) is 0 Å². The zero-order chi connectivity index (χ0) is 12.3. The first kappa shape index (κ1) is 11.4. The highest BCUT2D eigenvalue weighted by molar-refractivity contribution is 7.99. The predicted octanol–water partition coefficient (Wildman–Crippen LogP) is 1.91. The second kappa shape index (κ2) is 4.84. The molecule has 2 aromatic rings. The topological polar surface area (TPSA) is 89.1 Å². The highest BCUT2D eigenvalue weighted by atomic mass is 32.2. The third-order valence-corrected chi connectivity index (χ3v) is 2.99. The van der Waals surface area contributed by atoms with Gasteiger partial charge in [-0.15, -0.1) is 0 Å². The molecule has 0 amide bonds. The number of pyridine rings is 2. The van der Waals surface area contributed by atoms with E-state index in [0.717, 1.165) is 0 Å². The van der Waals surface area contributed by atoms with Gasteiger partial charge in [-0.1, -0.05) is 6.07 Å². The van der Waals surface area contributed by atoms with Crippen LogP contribution in [-0.2, 0) is 0 Å². The standard InChI is InChI=1S/C11H9N3O2S/c12-9-7(11(15)16)4-6-14-10(9)17-8-3-1-2-5-13-8/h1-6H,12H2,(H,15,16). The van der Waals surface area contributed by atoms with Crippen LogP contribution in [0.4, 0.5) is 5.69 Å². The molecule has 0 saturated heterocycles. The maximum Gasteiger partial charge on any atom is 0.337 e. The smallest absolute Gasteiger partial charge is 0.337 e. The Bertz CT molecular complexity index is 546. The van der Waals surface area contributed by atoms with Crippen molar-refractivity contribution in [3.63, 3.8) is 0 Å². The van der Waals surface area contributed by atoms with Crippen molar-refractivity contribution in [2.24, 2.45) is 0 Å². The minimum Gasteiger partial charge on any atom is -0.478 e. The van der Waals surface area contributed by atoms with Crippen LogP contribution in [-0.4, -0.2) is 21.0 Å². The average molecular weight is 247 g/mol. The second-order valence-electron chi connectivity index (χ2n) is 3.15. The van der Waals surface area contributed by atoms with Crippen molar-refractivity contribution in [1.82, 2.24) is 9.97 Å². The Hall–Kier alpha value is -2.08. The quantitative estimate of drug-likeness (QED) is 0.861. The molecule has 5 nitrogen and oxygen atoms in total. The van der Waals surface area contributed by atoms with Gasteiger partial charge in [0.15, 0.2) is 0 Å². The van der Waals surface area contributed by atoms with Crippen LogP contribution in [0.1, 0.15) is 10.4 Å². The fourth-order valence-corrected chi connectivity index (χ4v) is 2.02. The number of carbonyl (C=O) groups is 1. The lowest BCUT2D eigenvalue weighted by molar-refractivity contribution is 0.0697. The summed E-state index contributed by atoms with van der Waals surface area (Å²) in [6.45, 7) is 0. The summed E-state index contributed by atoms with van der Waals surface area (Å²) < 4.78 is 0. The van der Waals surface area contributed by atoms with E-state index in [1.165, 1.54) is 24.0 Å². The van der Waals surface area contributed by atoms with Crippen LogP contribution in [0.2, 0.25) is 0 Å². The number of carboxylic acids is 1. The number of anilines is 1. The number of hydrogen-bond acceptors (Lipinski definition) is 5. The lowest BCUT2D eigenvalue weighted by atomic mass is 10.2. The number of hydrogen-bond donors (Lipinski definition) is 2. The molecule has 0 radical (unpaired) electrons. The molecule has 17 heavy (non-hydrogen) atoms. The van der Waals surface area contributed by atoms with Crippen molar-refractivity contribution < 1.29 is 9.90 Å². The first-order chi connectivity index (χ1) is 8.18. The van der Waals surface area contributed by atoms with E-state index in [0.29, 0.717) is 10.1 Å². The molecule has 0 aliphatic heterocycles. The summed E-state index contributed by atoms with van der Waals surface area (Å²) in [7, 11) is 0. The molecule has 0 aliphatic rings. The van der Waals surface area contributed by atoms with E-state index >= 15 is 0 Å². The largest absolute Gasteiger partial charge is 0.478 e. The van der Waals surface area contributed by atoms with Crippen molar-refractivity contribution >= 4 is 23.4 Å². The van der Waals surface area contributed by atoms with E-state index in [2.05, 4.69) is 9.97 Å². The van der Waals surface area contributed by atoms with Gasteiger partial charge in [-0.2, -0.15) is 0 Å². The van der Waals surface area contributed by atoms with E-state index in [1.807, 2.05) is 6.07 Å². The van der Waals surface area contributed by atoms with Crippen LogP contribution in [0.5, 0.6) is 0 Å². The molecule has 0 spiro atoms. The van der Waals surface area contributed by atoms with Crippen LogP contribution in [0.25, 0.3) is 0 Å². The minimum atomic E-state index is -1.06. The molecule has 6 heteroatoms. The molecule has 2 aromatic heterocycles. The molecule has 0 bridgehead atoms. The summed E-state index contributed by atoms with van der Waals surface area (Å²) in [4.78, 5) is 19.1. The summed E-state index contributed by atoms with van der Waals surface area (Å²) in [5, 5.41) is 10.1. The molecular weight excluding hydrogens is 238 g/mol. The Morgan fingerprint density at radius 3 is 2.71 bits per heavy atom. The number of nitrogens with two attached hydrogens (primary N) is 1. The monoisotopic (exact) mass is 247 g/mol. The van der Waals surface area contributed by atoms with E-state index < -0.39 is 5.97 Å². The molecule has 0 atom stereocenters. The summed E-state index contributed by atoms with van der Waals surface area (Å²) in [5.74, 6) is -1.06. The number of aromatic carboxylic acids is 1. The Morgan fingerprint density at radius 2 is 2.06 bits per heavy atom. The summed E-state index contributed by atoms with van der Waals surface area (Å²) in [6, 6.07) is 6.82. The fraction of sp³-hybridized carbons (Fsp3) is 0. The molecule has 86 valence electrons. The number of nitrogen functional groups attached to an aromatic ring is 1. The van der Waals surface area contributed by atoms with Crippen molar-refractivity contribution in [3.05, 3.63) is 42.2 Å². The maximum absolute atomic E-state index is 10.9. The molecule has 2 rings (SSSR count). The first-order valence-electron chi connectivity index (χ1n) is 4.75. The van der Waals surface area contributed by atoms with Gasteiger partial charge in [0.1, 0.15) is 10.1 Å². The maximum atomic E-state index is 10.9. The van der Waals surface area contributed by atoms with Gasteiger partial charge in [-0.3, -0.25) is 0 Å². The highest BCUT2D eigenvalue weighted by Gasteiger charge is 2.13. The Morgan fingerprint density at radius 1 is 1.24 bits per heavy atom. The number of carboxylic acid groups (broad SMARTS) is 1. The molecular formula is C11H9N3O2S. The molecule has 0 saturated carbocycles. The molecule has 0 fully saturated rings. The predicted molar refractivity (Wildman–Crippen MR) is 64.0 cm³/mol. The van der Waals surface area contributed by atoms with Gasteiger partial charge < -0.3 is 10.8 Å². The van der Waals surface area contributed by atoms with E-state index in [-0.39, 0.29) is 11.3 Å². The summed E-state index contributed by atoms with van der Waals surface area (Å²) >= 11 is 1.24. The van der Waals surface area contributed by atoms with Crippen LogP contribution in [0, 0.1) is 0 Å². The minimum absolute atomic E-state index is 0.0541. The van der Waals surface area contributed by atoms with Gasteiger partial charge in [-0.25, -0.2) is 14.8 Å². The Labute approximate surface area is 102 Å². The van der Waals surface area contributed by atoms with Crippen LogP contribution < -0.4 is 5.73 Å². The highest BCUT2D eigenvalue weighted by Crippen LogP contribution is 2.30. The third-order valence-electron chi connectivity index (χ3n) is 2.02. The molecule has 3 N–H and O–H groups in total. The van der Waals surface area contributed by atoms with Gasteiger partial charge in [0.25, 0.3) is 0 Å². The van der Waals surface area contributed by atoms with Gasteiger partial charge >= 0.3 is 5.97 Å². The Balaban J connectivity index is 2.34. The molecule has 0 aliphatic carbocycles. The van der Waals surface area contributed by atoms with E-state index in [4.69, 9.17) is 10.8 Å². The molecule has 0 unspecified atom stereocenters. The summed E-state index contributed by atoms with van der Waals surface area (Å²) in [6.07, 6.45) is 3.07. The van der Waals surface area contributed by atoms with E-state index in [9.17, 15) is 4.79 Å². The average Bonchev–Trinajstić information content (AvgIpc) is 2.33. The number of aromatic nitrogens is 2. The second-order valence-corrected chi connectivity index (χ2v) is 4.16. The van der Waals surface area contributed by atoms with Crippen molar-refractivity contribution in [1.29, 1.82) is 0 Å². The lowest BCUT2D eigenvalue weighted by Gasteiger charge is -2.05. The normalized spacial score (nSPS) is 10.1. The Kier molecular flexibility index (Phi) is 3.24. The number of nitrogens with zero attached hydrogens (tertiary/aromatic N) is 2. The van der Waals surface area contributed by atoms with Crippen LogP contribution >= 0.6 is 11.8 Å². The SMILES string of the molecule is Nc1c(C(=O)O)ccnc1Sc1ccccn1. The van der Waals surface area contributed by atoms with Crippen molar-refractivity contribution in [2.45, 2.75) is 10.1 Å². The van der Waals surface area contributed by atoms with E-state index in [1.54, 1.807) is 18.3 Å². The van der Waals surface area contributed by atoms with Gasteiger partial charge in [0, 0.05) is 12.4 Å². The van der Waals surface area contributed by atoms with Crippen LogP contribution in [0.15, 0.2) is 46.7 Å². The van der Waals surface area contributed by atoms with Crippen LogP contribution in [0.3, 0.4) is 0 Å².